The Balaban J connectivity index is 0.00000198. The average molecular weight is 414 g/mol. The number of nitrogens with one attached hydrogen (secondary N) is 3. The van der Waals surface area contributed by atoms with Gasteiger partial charge in [0.2, 0.25) is 5.91 Å². The lowest BCUT2D eigenvalue weighted by Crippen LogP contribution is -2.55. The van der Waals surface area contributed by atoms with E-state index in [0.717, 1.165) is 31.6 Å². The van der Waals surface area contributed by atoms with Gasteiger partial charge in [-0.25, -0.2) is 0 Å². The van der Waals surface area contributed by atoms with Gasteiger partial charge in [0, 0.05) is 37.2 Å². The minimum absolute atomic E-state index is 0.104. The molecule has 0 aromatic heterocycles. The van der Waals surface area contributed by atoms with Crippen LogP contribution in [0.15, 0.2) is 48.1 Å². The number of amides is 1. The van der Waals surface area contributed by atoms with Crippen LogP contribution in [0.1, 0.15) is 53.4 Å². The molecular weight excluding hydrogens is 370 g/mol. The van der Waals surface area contributed by atoms with Crippen molar-refractivity contribution < 1.29 is 4.79 Å². The molecule has 4 nitrogen and oxygen atoms in total. The monoisotopic (exact) mass is 413 g/mol. The van der Waals surface area contributed by atoms with Crippen molar-refractivity contribution in [3.05, 3.63) is 48.1 Å². The van der Waals surface area contributed by atoms with Crippen LogP contribution < -0.4 is 16.0 Å². The van der Waals surface area contributed by atoms with Crippen molar-refractivity contribution >= 4 is 5.91 Å². The maximum Gasteiger partial charge on any atom is 0.248 e. The fourth-order valence-corrected chi connectivity index (χ4v) is 4.31. The normalized spacial score (nSPS) is 22.2. The fraction of sp³-hybridized carbons (Fsp3) is 0.577. The molecule has 4 heteroatoms. The van der Waals surface area contributed by atoms with E-state index < -0.39 is 0 Å². The number of hydrogen-bond acceptors (Lipinski definition) is 3. The summed E-state index contributed by atoms with van der Waals surface area (Å²) < 4.78 is 0. The summed E-state index contributed by atoms with van der Waals surface area (Å²) in [7, 11) is 0. The molecule has 168 valence electrons. The molecule has 0 aromatic carbocycles. The lowest BCUT2D eigenvalue weighted by molar-refractivity contribution is -0.119. The summed E-state index contributed by atoms with van der Waals surface area (Å²) in [5.41, 5.74) is 3.64. The molecule has 3 atom stereocenters. The molecular formula is C26H43N3O. The molecule has 2 heterocycles. The lowest BCUT2D eigenvalue weighted by atomic mass is 9.81. The number of allylic oxidation sites excluding steroid dienone is 3. The Labute approximate surface area is 185 Å². The number of carbonyl (C=O) groups is 1. The maximum absolute atomic E-state index is 12.4. The van der Waals surface area contributed by atoms with Gasteiger partial charge in [0.15, 0.2) is 0 Å². The number of hydrogen-bond donors (Lipinski definition) is 3. The SMILES string of the molecule is C#C.C/C=C(\C=C/CNCC1=C(C)C2CCNCC2NC1=O)C(CC)CCC.C=C. The van der Waals surface area contributed by atoms with Crippen molar-refractivity contribution in [2.75, 3.05) is 26.2 Å². The van der Waals surface area contributed by atoms with E-state index in [-0.39, 0.29) is 11.9 Å². The molecule has 0 radical (unpaired) electrons. The molecule has 2 aliphatic rings. The Bertz CT molecular complexity index is 615. The van der Waals surface area contributed by atoms with E-state index in [2.05, 4.69) is 87.9 Å². The topological polar surface area (TPSA) is 53.2 Å². The number of piperidine rings is 1. The number of fused-ring (bicyclic) bond motifs is 1. The second-order valence-corrected chi connectivity index (χ2v) is 7.56. The highest BCUT2D eigenvalue weighted by molar-refractivity contribution is 5.96. The molecule has 1 saturated heterocycles. The third kappa shape index (κ3) is 8.34. The largest absolute Gasteiger partial charge is 0.348 e. The van der Waals surface area contributed by atoms with E-state index in [9.17, 15) is 4.79 Å². The molecule has 3 N–H and O–H groups in total. The first-order chi connectivity index (χ1) is 14.6. The van der Waals surface area contributed by atoms with Crippen LogP contribution in [-0.4, -0.2) is 38.1 Å². The summed E-state index contributed by atoms with van der Waals surface area (Å²) in [6.45, 7) is 18.2. The van der Waals surface area contributed by atoms with Crippen molar-refractivity contribution in [3.8, 4) is 12.8 Å². The van der Waals surface area contributed by atoms with E-state index in [4.69, 9.17) is 0 Å². The van der Waals surface area contributed by atoms with Crippen LogP contribution in [0.25, 0.3) is 0 Å². The smallest absolute Gasteiger partial charge is 0.248 e. The highest BCUT2D eigenvalue weighted by Crippen LogP contribution is 2.28. The molecule has 0 aromatic rings. The molecule has 0 saturated carbocycles. The second-order valence-electron chi connectivity index (χ2n) is 7.56. The molecule has 0 spiro atoms. The first-order valence-electron chi connectivity index (χ1n) is 11.2. The van der Waals surface area contributed by atoms with Crippen molar-refractivity contribution in [2.45, 2.75) is 59.4 Å². The third-order valence-electron chi connectivity index (χ3n) is 5.91. The lowest BCUT2D eigenvalue weighted by Gasteiger charge is -2.38. The Morgan fingerprint density at radius 2 is 2.03 bits per heavy atom. The minimum atomic E-state index is 0.104. The molecule has 0 bridgehead atoms. The van der Waals surface area contributed by atoms with Gasteiger partial charge in [0.1, 0.15) is 0 Å². The van der Waals surface area contributed by atoms with E-state index in [1.165, 1.54) is 30.4 Å². The van der Waals surface area contributed by atoms with Gasteiger partial charge in [-0.1, -0.05) is 44.1 Å². The maximum atomic E-state index is 12.4. The van der Waals surface area contributed by atoms with E-state index >= 15 is 0 Å². The average Bonchev–Trinajstić information content (AvgIpc) is 2.79. The first-order valence-corrected chi connectivity index (χ1v) is 11.2. The third-order valence-corrected chi connectivity index (χ3v) is 5.91. The second kappa shape index (κ2) is 16.7. The summed E-state index contributed by atoms with van der Waals surface area (Å²) in [5, 5.41) is 9.98. The zero-order chi connectivity index (χ0) is 22.9. The highest BCUT2D eigenvalue weighted by atomic mass is 16.1. The Morgan fingerprint density at radius 3 is 2.63 bits per heavy atom. The van der Waals surface area contributed by atoms with Gasteiger partial charge in [-0.15, -0.1) is 26.0 Å². The zero-order valence-corrected chi connectivity index (χ0v) is 19.6. The molecule has 3 unspecified atom stereocenters. The molecule has 30 heavy (non-hydrogen) atoms. The van der Waals surface area contributed by atoms with Gasteiger partial charge in [0.05, 0.1) is 0 Å². The standard InChI is InChI=1S/C22H37N3O.C2H4.C2H2/c1-5-9-17(6-2)18(7-3)10-8-12-23-14-20-16(4)19-11-13-24-15-21(19)25-22(20)26;2*1-2/h7-8,10,17,19,21,23-24H,5-6,9,11-15H2,1-4H3,(H,25,26);1-2H2;1-2H/b10-8-,18-7+;;. The Kier molecular flexibility index (Phi) is 15.5. The van der Waals surface area contributed by atoms with Crippen molar-refractivity contribution in [2.24, 2.45) is 11.8 Å². The number of carbonyl (C=O) groups excluding carboxylic acids is 1. The van der Waals surface area contributed by atoms with Gasteiger partial charge in [-0.3, -0.25) is 4.79 Å². The minimum Gasteiger partial charge on any atom is -0.348 e. The zero-order valence-electron chi connectivity index (χ0n) is 19.6. The van der Waals surface area contributed by atoms with Crippen molar-refractivity contribution in [3.63, 3.8) is 0 Å². The van der Waals surface area contributed by atoms with E-state index in [1.54, 1.807) is 0 Å². The molecule has 2 rings (SSSR count). The summed E-state index contributed by atoms with van der Waals surface area (Å²) in [4.78, 5) is 12.4. The number of terminal acetylenes is 1. The van der Waals surface area contributed by atoms with E-state index in [0.29, 0.717) is 18.4 Å². The van der Waals surface area contributed by atoms with E-state index in [1.807, 2.05) is 0 Å². The summed E-state index contributed by atoms with van der Waals surface area (Å²) in [6, 6.07) is 0.265. The van der Waals surface area contributed by atoms with Crippen molar-refractivity contribution in [1.29, 1.82) is 0 Å². The van der Waals surface area contributed by atoms with Crippen LogP contribution in [-0.2, 0) is 4.79 Å². The van der Waals surface area contributed by atoms with Crippen LogP contribution in [0, 0.1) is 24.7 Å². The number of rotatable bonds is 9. The van der Waals surface area contributed by atoms with Crippen LogP contribution >= 0.6 is 0 Å². The van der Waals surface area contributed by atoms with Crippen molar-refractivity contribution in [1.82, 2.24) is 16.0 Å². The summed E-state index contributed by atoms with van der Waals surface area (Å²) in [5.74, 6) is 1.26. The molecule has 1 fully saturated rings. The highest BCUT2D eigenvalue weighted by Gasteiger charge is 2.34. The summed E-state index contributed by atoms with van der Waals surface area (Å²) in [6.07, 6.45) is 19.5. The predicted molar refractivity (Wildman–Crippen MR) is 131 cm³/mol. The van der Waals surface area contributed by atoms with Crippen LogP contribution in [0.5, 0.6) is 0 Å². The molecule has 1 amide bonds. The first kappa shape index (κ1) is 27.9. The Morgan fingerprint density at radius 1 is 1.33 bits per heavy atom. The van der Waals surface area contributed by atoms with Gasteiger partial charge >= 0.3 is 0 Å². The van der Waals surface area contributed by atoms with Gasteiger partial charge in [-0.2, -0.15) is 0 Å². The summed E-state index contributed by atoms with van der Waals surface area (Å²) >= 11 is 0. The molecule has 0 aliphatic carbocycles. The molecule has 2 aliphatic heterocycles. The van der Waals surface area contributed by atoms with Crippen LogP contribution in [0.3, 0.4) is 0 Å². The van der Waals surface area contributed by atoms with Gasteiger partial charge < -0.3 is 16.0 Å². The van der Waals surface area contributed by atoms with Gasteiger partial charge in [-0.05, 0) is 51.1 Å². The Hall–Kier alpha value is -2.09. The fourth-order valence-electron chi connectivity index (χ4n) is 4.31. The van der Waals surface area contributed by atoms with Crippen LogP contribution in [0.4, 0.5) is 0 Å². The van der Waals surface area contributed by atoms with Gasteiger partial charge in [0.25, 0.3) is 0 Å². The van der Waals surface area contributed by atoms with Crippen LogP contribution in [0.2, 0.25) is 0 Å². The predicted octanol–water partition coefficient (Wildman–Crippen LogP) is 4.38. The quantitative estimate of drug-likeness (QED) is 0.228.